The quantitative estimate of drug-likeness (QED) is 0.0648. The first-order valence-corrected chi connectivity index (χ1v) is 18.4. The van der Waals surface area contributed by atoms with Crippen molar-refractivity contribution in [2.75, 3.05) is 0 Å². The molecular formula is C37H73N2+. The second-order valence-corrected chi connectivity index (χ2v) is 12.6. The predicted molar refractivity (Wildman–Crippen MR) is 175 cm³/mol. The monoisotopic (exact) mass is 546 g/mol. The summed E-state index contributed by atoms with van der Waals surface area (Å²) in [5.74, 6) is 1.54. The number of aryl methyl sites for hydroxylation is 2. The lowest BCUT2D eigenvalue weighted by molar-refractivity contribution is -0.704. The Bertz CT molecular complexity index is 605. The van der Waals surface area contributed by atoms with E-state index < -0.39 is 0 Å². The Balaban J connectivity index is 1.94. The second kappa shape index (κ2) is 28.7. The topological polar surface area (TPSA) is 8.81 Å². The van der Waals surface area contributed by atoms with Gasteiger partial charge in [-0.3, -0.25) is 0 Å². The molecule has 1 rings (SSSR count). The van der Waals surface area contributed by atoms with Crippen molar-refractivity contribution in [1.29, 1.82) is 0 Å². The van der Waals surface area contributed by atoms with E-state index in [1.807, 2.05) is 0 Å². The highest BCUT2D eigenvalue weighted by atomic mass is 15.1. The molecule has 2 nitrogen and oxygen atoms in total. The van der Waals surface area contributed by atoms with Gasteiger partial charge in [-0.15, -0.1) is 0 Å². The fourth-order valence-corrected chi connectivity index (χ4v) is 6.26. The van der Waals surface area contributed by atoms with Crippen molar-refractivity contribution in [2.45, 2.75) is 220 Å². The lowest BCUT2D eigenvalue weighted by Crippen LogP contribution is -2.37. The van der Waals surface area contributed by atoms with Gasteiger partial charge < -0.3 is 0 Å². The number of hydrogen-bond donors (Lipinski definition) is 0. The van der Waals surface area contributed by atoms with Crippen LogP contribution in [0.5, 0.6) is 0 Å². The van der Waals surface area contributed by atoms with Crippen LogP contribution in [0, 0.1) is 0 Å². The second-order valence-electron chi connectivity index (χ2n) is 12.6. The molecule has 0 aliphatic carbocycles. The maximum atomic E-state index is 2.55. The standard InChI is InChI=1S/C37H73N2/c1-4-7-9-11-13-15-17-19-20-21-22-24-26-28-30-32-34-39-36-35-38(37(39)6-3)33-31-29-27-25-23-18-16-14-12-10-8-5-2/h35-36H,4-34H2,1-3H3/q+1. The van der Waals surface area contributed by atoms with Gasteiger partial charge in [-0.2, -0.15) is 0 Å². The van der Waals surface area contributed by atoms with E-state index in [0.29, 0.717) is 0 Å². The maximum Gasteiger partial charge on any atom is 0.256 e. The Morgan fingerprint density at radius 1 is 0.436 bits per heavy atom. The molecule has 0 saturated carbocycles. The molecule has 0 radical (unpaired) electrons. The maximum absolute atomic E-state index is 2.55. The van der Waals surface area contributed by atoms with Crippen LogP contribution in [0.2, 0.25) is 0 Å². The lowest BCUT2D eigenvalue weighted by atomic mass is 10.0. The third-order valence-electron chi connectivity index (χ3n) is 8.91. The summed E-state index contributed by atoms with van der Waals surface area (Å²) >= 11 is 0. The zero-order chi connectivity index (χ0) is 28.1. The number of nitrogens with zero attached hydrogens (tertiary/aromatic N) is 2. The molecule has 0 aliphatic rings. The zero-order valence-electron chi connectivity index (χ0n) is 27.5. The molecule has 0 atom stereocenters. The molecule has 0 fully saturated rings. The molecule has 0 bridgehead atoms. The van der Waals surface area contributed by atoms with Crippen molar-refractivity contribution in [3.05, 3.63) is 18.2 Å². The first kappa shape index (κ1) is 36.2. The Labute approximate surface area is 247 Å². The first-order chi connectivity index (χ1) is 19.3. The van der Waals surface area contributed by atoms with Crippen molar-refractivity contribution < 1.29 is 4.57 Å². The van der Waals surface area contributed by atoms with Crippen LogP contribution in [0.1, 0.15) is 206 Å². The molecule has 0 aromatic carbocycles. The first-order valence-electron chi connectivity index (χ1n) is 18.4. The van der Waals surface area contributed by atoms with Crippen LogP contribution in [0.4, 0.5) is 0 Å². The molecule has 230 valence electrons. The third-order valence-corrected chi connectivity index (χ3v) is 8.91. The molecule has 0 N–H and O–H groups in total. The number of unbranched alkanes of at least 4 members (excludes halogenated alkanes) is 26. The minimum Gasteiger partial charge on any atom is -0.234 e. The number of hydrogen-bond acceptors (Lipinski definition) is 0. The summed E-state index contributed by atoms with van der Waals surface area (Å²) in [6, 6.07) is 0. The van der Waals surface area contributed by atoms with Crippen LogP contribution in [-0.4, -0.2) is 4.57 Å². The van der Waals surface area contributed by atoms with Crippen LogP contribution in [0.15, 0.2) is 12.4 Å². The van der Waals surface area contributed by atoms with Crippen molar-refractivity contribution in [3.8, 4) is 0 Å². The SMILES string of the molecule is CCCCCCCCCCCCCCCCCC[n+]1ccn(CCCCCCCCCCCCCC)c1CC. The number of aromatic nitrogens is 2. The fraction of sp³-hybridized carbons (Fsp3) is 0.919. The van der Waals surface area contributed by atoms with E-state index in [1.54, 1.807) is 5.82 Å². The van der Waals surface area contributed by atoms with Gasteiger partial charge in [0.25, 0.3) is 5.82 Å². The summed E-state index contributed by atoms with van der Waals surface area (Å²) in [6.45, 7) is 9.37. The van der Waals surface area contributed by atoms with Gasteiger partial charge in [0.2, 0.25) is 0 Å². The molecular weight excluding hydrogens is 472 g/mol. The lowest BCUT2D eigenvalue weighted by Gasteiger charge is -2.05. The molecule has 0 saturated heterocycles. The summed E-state index contributed by atoms with van der Waals surface area (Å²) in [6.07, 6.45) is 46.2. The highest BCUT2D eigenvalue weighted by Gasteiger charge is 2.14. The van der Waals surface area contributed by atoms with Gasteiger partial charge in [0.1, 0.15) is 12.4 Å². The van der Waals surface area contributed by atoms with Crippen LogP contribution < -0.4 is 4.57 Å². The van der Waals surface area contributed by atoms with E-state index >= 15 is 0 Å². The van der Waals surface area contributed by atoms with E-state index in [-0.39, 0.29) is 0 Å². The Hall–Kier alpha value is -0.790. The summed E-state index contributed by atoms with van der Waals surface area (Å²) in [4.78, 5) is 0. The molecule has 0 amide bonds. The summed E-state index contributed by atoms with van der Waals surface area (Å²) in [5.41, 5.74) is 0. The molecule has 2 heteroatoms. The highest BCUT2D eigenvalue weighted by Crippen LogP contribution is 2.15. The smallest absolute Gasteiger partial charge is 0.234 e. The van der Waals surface area contributed by atoms with Gasteiger partial charge in [0.05, 0.1) is 13.1 Å². The van der Waals surface area contributed by atoms with Crippen LogP contribution in [-0.2, 0) is 19.5 Å². The van der Waals surface area contributed by atoms with E-state index in [1.165, 1.54) is 193 Å². The average Bonchev–Trinajstić information content (AvgIpc) is 3.34. The van der Waals surface area contributed by atoms with Gasteiger partial charge in [-0.1, -0.05) is 175 Å². The van der Waals surface area contributed by atoms with Gasteiger partial charge in [0, 0.05) is 6.42 Å². The normalized spacial score (nSPS) is 11.6. The highest BCUT2D eigenvalue weighted by molar-refractivity contribution is 4.83. The van der Waals surface area contributed by atoms with E-state index in [0.717, 1.165) is 6.42 Å². The van der Waals surface area contributed by atoms with Crippen LogP contribution in [0.3, 0.4) is 0 Å². The molecule has 1 aromatic heterocycles. The molecule has 0 aliphatic heterocycles. The molecule has 1 heterocycles. The number of rotatable bonds is 31. The minimum absolute atomic E-state index is 1.16. The Kier molecular flexibility index (Phi) is 26.7. The molecule has 39 heavy (non-hydrogen) atoms. The molecule has 0 spiro atoms. The van der Waals surface area contributed by atoms with Gasteiger partial charge in [-0.25, -0.2) is 9.13 Å². The summed E-state index contributed by atoms with van der Waals surface area (Å²) in [7, 11) is 0. The van der Waals surface area contributed by atoms with E-state index in [2.05, 4.69) is 42.3 Å². The van der Waals surface area contributed by atoms with Crippen molar-refractivity contribution >= 4 is 0 Å². The predicted octanol–water partition coefficient (Wildman–Crippen LogP) is 12.3. The van der Waals surface area contributed by atoms with Crippen LogP contribution >= 0.6 is 0 Å². The summed E-state index contributed by atoms with van der Waals surface area (Å²) < 4.78 is 5.09. The van der Waals surface area contributed by atoms with Crippen molar-refractivity contribution in [2.24, 2.45) is 0 Å². The van der Waals surface area contributed by atoms with Crippen molar-refractivity contribution in [1.82, 2.24) is 4.57 Å². The average molecular weight is 546 g/mol. The fourth-order valence-electron chi connectivity index (χ4n) is 6.26. The minimum atomic E-state index is 1.16. The third kappa shape index (κ3) is 21.6. The Morgan fingerprint density at radius 2 is 0.769 bits per heavy atom. The molecule has 0 unspecified atom stereocenters. The number of imidazole rings is 1. The van der Waals surface area contributed by atoms with Gasteiger partial charge in [0.15, 0.2) is 0 Å². The largest absolute Gasteiger partial charge is 0.256 e. The zero-order valence-corrected chi connectivity index (χ0v) is 27.5. The molecule has 1 aromatic rings. The Morgan fingerprint density at radius 3 is 1.13 bits per heavy atom. The van der Waals surface area contributed by atoms with Crippen LogP contribution in [0.25, 0.3) is 0 Å². The van der Waals surface area contributed by atoms with E-state index in [4.69, 9.17) is 0 Å². The van der Waals surface area contributed by atoms with E-state index in [9.17, 15) is 0 Å². The van der Waals surface area contributed by atoms with Gasteiger partial charge >= 0.3 is 0 Å². The van der Waals surface area contributed by atoms with Crippen molar-refractivity contribution in [3.63, 3.8) is 0 Å². The summed E-state index contributed by atoms with van der Waals surface area (Å²) in [5, 5.41) is 0. The van der Waals surface area contributed by atoms with Gasteiger partial charge in [-0.05, 0) is 25.7 Å².